The summed E-state index contributed by atoms with van der Waals surface area (Å²) >= 11 is 0.863. The molecule has 2 aromatic rings. The summed E-state index contributed by atoms with van der Waals surface area (Å²) in [4.78, 5) is 52.0. The molecule has 0 fully saturated rings. The number of nitrogen functional groups attached to an aromatic ring is 1. The molecule has 0 bridgehead atoms. The summed E-state index contributed by atoms with van der Waals surface area (Å²) in [6, 6.07) is 0. The highest BCUT2D eigenvalue weighted by atomic mass is 32.1. The number of hydrogen-bond donors (Lipinski definition) is 2. The number of nitrogens with one attached hydrogen (secondary N) is 1. The summed E-state index contributed by atoms with van der Waals surface area (Å²) in [5, 5.41) is 0.0633. The first-order valence-electron chi connectivity index (χ1n) is 9.26. The Morgan fingerprint density at radius 3 is 2.07 bits per heavy atom. The largest absolute Gasteiger partial charge is 0.462 e. The highest BCUT2D eigenvalue weighted by Crippen LogP contribution is 2.33. The molecule has 162 valence electrons. The van der Waals surface area contributed by atoms with Crippen molar-refractivity contribution in [1.29, 1.82) is 0 Å². The summed E-state index contributed by atoms with van der Waals surface area (Å²) < 4.78 is 15.4. The SMILES string of the molecule is CCOC(=O)c1sc(N)c(C(=O)OCC)c1COC(=O)c1[nH]c(C)c(C(C)=O)c1C. The fourth-order valence-electron chi connectivity index (χ4n) is 3.10. The molecule has 0 amide bonds. The van der Waals surface area contributed by atoms with Gasteiger partial charge in [0.2, 0.25) is 0 Å². The second kappa shape index (κ2) is 9.57. The highest BCUT2D eigenvalue weighted by Gasteiger charge is 2.29. The quantitative estimate of drug-likeness (QED) is 0.365. The lowest BCUT2D eigenvalue weighted by Crippen LogP contribution is -2.14. The summed E-state index contributed by atoms with van der Waals surface area (Å²) in [6.07, 6.45) is 0. The number of thiophene rings is 1. The van der Waals surface area contributed by atoms with Gasteiger partial charge in [-0.3, -0.25) is 4.79 Å². The number of carbonyl (C=O) groups is 4. The Hall–Kier alpha value is -3.14. The molecule has 0 radical (unpaired) electrons. The molecule has 0 aromatic carbocycles. The van der Waals surface area contributed by atoms with Crippen LogP contribution in [0.1, 0.15) is 78.5 Å². The van der Waals surface area contributed by atoms with Crippen LogP contribution in [-0.4, -0.2) is 41.9 Å². The lowest BCUT2D eigenvalue weighted by atomic mass is 10.1. The average molecular weight is 436 g/mol. The molecule has 0 saturated carbocycles. The van der Waals surface area contributed by atoms with Gasteiger partial charge in [-0.15, -0.1) is 11.3 Å². The first-order valence-corrected chi connectivity index (χ1v) is 10.1. The molecule has 0 aliphatic carbocycles. The van der Waals surface area contributed by atoms with Crippen LogP contribution in [0.15, 0.2) is 0 Å². The van der Waals surface area contributed by atoms with Crippen molar-refractivity contribution >= 4 is 40.0 Å². The number of nitrogens with two attached hydrogens (primary N) is 1. The number of aryl methyl sites for hydroxylation is 1. The van der Waals surface area contributed by atoms with Gasteiger partial charge in [0.1, 0.15) is 27.7 Å². The number of hydrogen-bond acceptors (Lipinski definition) is 9. The number of anilines is 1. The first-order chi connectivity index (χ1) is 14.1. The zero-order chi connectivity index (χ0) is 22.6. The Bertz CT molecular complexity index is 1000. The maximum atomic E-state index is 12.6. The van der Waals surface area contributed by atoms with Gasteiger partial charge in [0, 0.05) is 16.8 Å². The second-order valence-corrected chi connectivity index (χ2v) is 7.40. The fraction of sp³-hybridized carbons (Fsp3) is 0.400. The van der Waals surface area contributed by atoms with Gasteiger partial charge >= 0.3 is 17.9 Å². The number of carbonyl (C=O) groups excluding carboxylic acids is 4. The van der Waals surface area contributed by atoms with Crippen molar-refractivity contribution in [3.05, 3.63) is 38.5 Å². The van der Waals surface area contributed by atoms with E-state index >= 15 is 0 Å². The van der Waals surface area contributed by atoms with Crippen LogP contribution in [-0.2, 0) is 20.8 Å². The van der Waals surface area contributed by atoms with Gasteiger partial charge in [-0.2, -0.15) is 0 Å². The van der Waals surface area contributed by atoms with Crippen molar-refractivity contribution in [2.24, 2.45) is 0 Å². The number of H-pyrrole nitrogens is 1. The molecule has 2 aromatic heterocycles. The lowest BCUT2D eigenvalue weighted by molar-refractivity contribution is 0.0432. The lowest BCUT2D eigenvalue weighted by Gasteiger charge is -2.09. The van der Waals surface area contributed by atoms with Crippen LogP contribution in [0.3, 0.4) is 0 Å². The summed E-state index contributed by atoms with van der Waals surface area (Å²) in [5.41, 5.74) is 7.58. The van der Waals surface area contributed by atoms with Gasteiger partial charge in [0.05, 0.1) is 13.2 Å². The molecule has 3 N–H and O–H groups in total. The number of rotatable bonds is 8. The first kappa shape index (κ1) is 23.1. The van der Waals surface area contributed by atoms with E-state index in [2.05, 4.69) is 4.98 Å². The van der Waals surface area contributed by atoms with Crippen molar-refractivity contribution in [2.75, 3.05) is 18.9 Å². The number of esters is 3. The van der Waals surface area contributed by atoms with E-state index in [0.29, 0.717) is 16.8 Å². The Balaban J connectivity index is 2.38. The van der Waals surface area contributed by atoms with Crippen LogP contribution >= 0.6 is 11.3 Å². The van der Waals surface area contributed by atoms with Crippen LogP contribution in [0.2, 0.25) is 0 Å². The zero-order valence-electron chi connectivity index (χ0n) is 17.5. The van der Waals surface area contributed by atoms with Gasteiger partial charge in [-0.25, -0.2) is 14.4 Å². The van der Waals surface area contributed by atoms with E-state index in [1.54, 1.807) is 27.7 Å². The van der Waals surface area contributed by atoms with Gasteiger partial charge in [0.25, 0.3) is 0 Å². The van der Waals surface area contributed by atoms with Crippen LogP contribution in [0.4, 0.5) is 5.00 Å². The van der Waals surface area contributed by atoms with Crippen LogP contribution < -0.4 is 5.73 Å². The smallest absolute Gasteiger partial charge is 0.355 e. The summed E-state index contributed by atoms with van der Waals surface area (Å²) in [6.45, 7) is 7.83. The van der Waals surface area contributed by atoms with Gasteiger partial charge in [-0.1, -0.05) is 0 Å². The monoisotopic (exact) mass is 436 g/mol. The molecular weight excluding hydrogens is 412 g/mol. The van der Waals surface area contributed by atoms with Gasteiger partial charge in [-0.05, 0) is 40.2 Å². The number of Topliss-reactive ketones (excluding diaryl/α,β-unsaturated/α-hetero) is 1. The molecule has 0 aliphatic rings. The zero-order valence-corrected chi connectivity index (χ0v) is 18.3. The van der Waals surface area contributed by atoms with E-state index in [1.807, 2.05) is 0 Å². The number of aromatic nitrogens is 1. The molecule has 0 atom stereocenters. The summed E-state index contributed by atoms with van der Waals surface area (Å²) in [5.74, 6) is -2.32. The van der Waals surface area contributed by atoms with Crippen LogP contribution in [0, 0.1) is 13.8 Å². The minimum absolute atomic E-state index is 0.0264. The van der Waals surface area contributed by atoms with E-state index in [9.17, 15) is 19.2 Å². The number of aromatic amines is 1. The minimum atomic E-state index is -0.738. The maximum Gasteiger partial charge on any atom is 0.355 e. The molecular formula is C20H24N2O7S. The maximum absolute atomic E-state index is 12.6. The molecule has 10 heteroatoms. The molecule has 0 unspecified atom stereocenters. The fourth-order valence-corrected chi connectivity index (χ4v) is 4.06. The topological polar surface area (TPSA) is 138 Å². The van der Waals surface area contributed by atoms with E-state index in [0.717, 1.165) is 11.3 Å². The molecule has 0 saturated heterocycles. The molecule has 2 rings (SSSR count). The Morgan fingerprint density at radius 2 is 1.53 bits per heavy atom. The molecule has 0 aliphatic heterocycles. The highest BCUT2D eigenvalue weighted by molar-refractivity contribution is 7.18. The van der Waals surface area contributed by atoms with Crippen molar-refractivity contribution < 1.29 is 33.4 Å². The van der Waals surface area contributed by atoms with E-state index in [1.165, 1.54) is 6.92 Å². The third-order valence-corrected chi connectivity index (χ3v) is 5.36. The Labute approximate surface area is 177 Å². The third-order valence-electron chi connectivity index (χ3n) is 4.32. The van der Waals surface area contributed by atoms with Crippen molar-refractivity contribution in [1.82, 2.24) is 4.98 Å². The predicted molar refractivity (Wildman–Crippen MR) is 110 cm³/mol. The van der Waals surface area contributed by atoms with Gasteiger partial charge in [0.15, 0.2) is 5.78 Å². The second-order valence-electron chi connectivity index (χ2n) is 6.35. The Kier molecular flexibility index (Phi) is 7.38. The average Bonchev–Trinajstić information content (AvgIpc) is 3.16. The summed E-state index contributed by atoms with van der Waals surface area (Å²) in [7, 11) is 0. The molecule has 2 heterocycles. The normalized spacial score (nSPS) is 10.6. The van der Waals surface area contributed by atoms with E-state index in [-0.39, 0.29) is 45.7 Å². The van der Waals surface area contributed by atoms with E-state index < -0.39 is 24.5 Å². The number of ketones is 1. The standard InChI is InChI=1S/C20H24N2O7S/c1-6-27-18(24)14-12(16(30-17(14)21)20(26)28-7-2)8-29-19(25)15-9(3)13(11(5)23)10(4)22-15/h22H,6-8,21H2,1-5H3. The van der Waals surface area contributed by atoms with Crippen LogP contribution in [0.25, 0.3) is 0 Å². The molecule has 9 nitrogen and oxygen atoms in total. The van der Waals surface area contributed by atoms with Crippen molar-refractivity contribution in [3.63, 3.8) is 0 Å². The van der Waals surface area contributed by atoms with Crippen molar-refractivity contribution in [2.45, 2.75) is 41.2 Å². The molecule has 0 spiro atoms. The Morgan fingerprint density at radius 1 is 0.933 bits per heavy atom. The third kappa shape index (κ3) is 4.54. The van der Waals surface area contributed by atoms with Crippen molar-refractivity contribution in [3.8, 4) is 0 Å². The van der Waals surface area contributed by atoms with Gasteiger partial charge < -0.3 is 24.9 Å². The van der Waals surface area contributed by atoms with E-state index in [4.69, 9.17) is 19.9 Å². The molecule has 30 heavy (non-hydrogen) atoms. The number of ether oxygens (including phenoxy) is 3. The van der Waals surface area contributed by atoms with Crippen LogP contribution in [0.5, 0.6) is 0 Å². The predicted octanol–water partition coefficient (Wildman–Crippen LogP) is 3.19. The minimum Gasteiger partial charge on any atom is -0.462 e.